The van der Waals surface area contributed by atoms with Gasteiger partial charge < -0.3 is 9.74 Å². The van der Waals surface area contributed by atoms with Crippen LogP contribution in [0.4, 0.5) is 0 Å². The lowest BCUT2D eigenvalue weighted by atomic mass is 10.1. The van der Waals surface area contributed by atoms with Gasteiger partial charge in [-0.2, -0.15) is 5.48 Å². The van der Waals surface area contributed by atoms with Crippen LogP contribution in [0.5, 0.6) is 0 Å². The maximum atomic E-state index is 12.4. The van der Waals surface area contributed by atoms with Crippen LogP contribution in [-0.4, -0.2) is 42.8 Å². The number of rotatable bonds is 7. The largest absolute Gasteiger partial charge is 0.337 e. The number of hydroxylamine groups is 1. The summed E-state index contributed by atoms with van der Waals surface area (Å²) in [5.41, 5.74) is 2.94. The molecule has 1 saturated heterocycles. The highest BCUT2D eigenvalue weighted by molar-refractivity contribution is 7.99. The van der Waals surface area contributed by atoms with Crippen molar-refractivity contribution in [2.75, 3.05) is 26.0 Å². The molecule has 4 nitrogen and oxygen atoms in total. The minimum absolute atomic E-state index is 0.0312. The highest BCUT2D eigenvalue weighted by Crippen LogP contribution is 2.27. The maximum Gasteiger partial charge on any atom is 0.228 e. The normalized spacial score (nSPS) is 22.2. The number of hydrogen-bond donors (Lipinski definition) is 1. The minimum Gasteiger partial charge on any atom is -0.337 e. The van der Waals surface area contributed by atoms with E-state index in [1.54, 1.807) is 24.9 Å². The monoisotopic (exact) mass is 292 g/mol. The van der Waals surface area contributed by atoms with E-state index in [9.17, 15) is 4.79 Å². The molecule has 2 atom stereocenters. The van der Waals surface area contributed by atoms with Crippen molar-refractivity contribution < 1.29 is 9.63 Å². The smallest absolute Gasteiger partial charge is 0.228 e. The van der Waals surface area contributed by atoms with Gasteiger partial charge in [0.05, 0.1) is 19.1 Å². The standard InChI is InChI=1S/C15H20N2O2S/c1-3-9-17-10-14(16-19-2)13(15(17)18)11-20-12-7-5-4-6-8-12/h3-8,13-14,16H,1,9-11H2,2H3. The van der Waals surface area contributed by atoms with Gasteiger partial charge in [-0.15, -0.1) is 18.3 Å². The van der Waals surface area contributed by atoms with E-state index in [-0.39, 0.29) is 17.9 Å². The van der Waals surface area contributed by atoms with Gasteiger partial charge in [-0.3, -0.25) is 4.79 Å². The van der Waals surface area contributed by atoms with E-state index in [2.05, 4.69) is 24.2 Å². The highest BCUT2D eigenvalue weighted by atomic mass is 32.2. The number of carbonyl (C=O) groups excluding carboxylic acids is 1. The quantitative estimate of drug-likeness (QED) is 0.474. The first kappa shape index (κ1) is 15.1. The Labute approximate surface area is 124 Å². The van der Waals surface area contributed by atoms with Crippen LogP contribution in [0, 0.1) is 5.92 Å². The van der Waals surface area contributed by atoms with Crippen molar-refractivity contribution in [3.63, 3.8) is 0 Å². The molecule has 1 amide bonds. The van der Waals surface area contributed by atoms with Gasteiger partial charge in [-0.1, -0.05) is 24.3 Å². The molecule has 2 unspecified atom stereocenters. The number of carbonyl (C=O) groups is 1. The Morgan fingerprint density at radius 3 is 2.90 bits per heavy atom. The van der Waals surface area contributed by atoms with E-state index in [1.165, 1.54) is 4.90 Å². The summed E-state index contributed by atoms with van der Waals surface area (Å²) in [4.78, 5) is 20.4. The zero-order valence-electron chi connectivity index (χ0n) is 11.6. The van der Waals surface area contributed by atoms with Crippen molar-refractivity contribution in [1.82, 2.24) is 10.4 Å². The summed E-state index contributed by atoms with van der Waals surface area (Å²) in [7, 11) is 1.59. The number of nitrogens with zero attached hydrogens (tertiary/aromatic N) is 1. The average molecular weight is 292 g/mol. The summed E-state index contributed by atoms with van der Waals surface area (Å²) >= 11 is 1.70. The first-order chi connectivity index (χ1) is 9.76. The zero-order chi connectivity index (χ0) is 14.4. The molecule has 1 N–H and O–H groups in total. The fourth-order valence-electron chi connectivity index (χ4n) is 2.34. The predicted octanol–water partition coefficient (Wildman–Crippen LogP) is 1.94. The molecule has 0 saturated carbocycles. The highest BCUT2D eigenvalue weighted by Gasteiger charge is 2.39. The van der Waals surface area contributed by atoms with Gasteiger partial charge in [0.15, 0.2) is 0 Å². The van der Waals surface area contributed by atoms with Gasteiger partial charge in [-0.05, 0) is 12.1 Å². The van der Waals surface area contributed by atoms with Crippen molar-refractivity contribution in [1.29, 1.82) is 0 Å². The van der Waals surface area contributed by atoms with Crippen molar-refractivity contribution in [3.05, 3.63) is 43.0 Å². The van der Waals surface area contributed by atoms with Crippen molar-refractivity contribution in [3.8, 4) is 0 Å². The number of benzene rings is 1. The fourth-order valence-corrected chi connectivity index (χ4v) is 3.44. The lowest BCUT2D eigenvalue weighted by molar-refractivity contribution is -0.130. The van der Waals surface area contributed by atoms with Crippen LogP contribution in [0.15, 0.2) is 47.9 Å². The fraction of sp³-hybridized carbons (Fsp3) is 0.400. The van der Waals surface area contributed by atoms with E-state index >= 15 is 0 Å². The second kappa shape index (κ2) is 7.47. The summed E-state index contributed by atoms with van der Waals surface area (Å²) in [5.74, 6) is 0.848. The first-order valence-electron chi connectivity index (χ1n) is 6.62. The SMILES string of the molecule is C=CCN1CC(NOC)C(CSc2ccccc2)C1=O. The molecule has 1 aromatic rings. The predicted molar refractivity (Wildman–Crippen MR) is 81.4 cm³/mol. The number of hydrogen-bond acceptors (Lipinski definition) is 4. The molecule has 5 heteroatoms. The van der Waals surface area contributed by atoms with Crippen molar-refractivity contribution in [2.45, 2.75) is 10.9 Å². The minimum atomic E-state index is -0.0693. The number of amides is 1. The van der Waals surface area contributed by atoms with Crippen molar-refractivity contribution >= 4 is 17.7 Å². The molecule has 0 aromatic heterocycles. The van der Waals surface area contributed by atoms with Gasteiger partial charge in [0.25, 0.3) is 0 Å². The number of likely N-dealkylation sites (tertiary alicyclic amines) is 1. The number of nitrogens with one attached hydrogen (secondary N) is 1. The van der Waals surface area contributed by atoms with Crippen LogP contribution in [0.2, 0.25) is 0 Å². The molecule has 1 aliphatic heterocycles. The summed E-state index contributed by atoms with van der Waals surface area (Å²) in [6.45, 7) is 4.95. The lowest BCUT2D eigenvalue weighted by Crippen LogP contribution is -2.36. The molecule has 0 spiro atoms. The molecule has 1 aliphatic rings. The topological polar surface area (TPSA) is 41.6 Å². The molecule has 1 fully saturated rings. The molecule has 108 valence electrons. The molecule has 1 heterocycles. The third-order valence-electron chi connectivity index (χ3n) is 3.32. The van der Waals surface area contributed by atoms with E-state index < -0.39 is 0 Å². The third kappa shape index (κ3) is 3.62. The molecule has 20 heavy (non-hydrogen) atoms. The second-order valence-electron chi connectivity index (χ2n) is 4.69. The van der Waals surface area contributed by atoms with E-state index in [0.717, 1.165) is 5.75 Å². The van der Waals surface area contributed by atoms with E-state index in [0.29, 0.717) is 13.1 Å². The Morgan fingerprint density at radius 1 is 1.50 bits per heavy atom. The Bertz CT molecular complexity index is 452. The van der Waals surface area contributed by atoms with E-state index in [4.69, 9.17) is 4.84 Å². The van der Waals surface area contributed by atoms with Gasteiger partial charge in [0.1, 0.15) is 0 Å². The summed E-state index contributed by atoms with van der Waals surface area (Å²) in [5, 5.41) is 0. The van der Waals surface area contributed by atoms with Gasteiger partial charge >= 0.3 is 0 Å². The third-order valence-corrected chi connectivity index (χ3v) is 4.45. The van der Waals surface area contributed by atoms with Crippen LogP contribution < -0.4 is 5.48 Å². The summed E-state index contributed by atoms with van der Waals surface area (Å²) in [6.07, 6.45) is 1.76. The van der Waals surface area contributed by atoms with Gasteiger partial charge in [0, 0.05) is 23.7 Å². The van der Waals surface area contributed by atoms with Gasteiger partial charge in [-0.25, -0.2) is 0 Å². The van der Waals surface area contributed by atoms with Crippen molar-refractivity contribution in [2.24, 2.45) is 5.92 Å². The molecule has 0 bridgehead atoms. The molecule has 2 rings (SSSR count). The Balaban J connectivity index is 1.99. The average Bonchev–Trinajstić information content (AvgIpc) is 2.75. The zero-order valence-corrected chi connectivity index (χ0v) is 12.4. The maximum absolute atomic E-state index is 12.4. The van der Waals surface area contributed by atoms with E-state index in [1.807, 2.05) is 23.1 Å². The molecule has 0 radical (unpaired) electrons. The Hall–Kier alpha value is -1.30. The molecular weight excluding hydrogens is 272 g/mol. The second-order valence-corrected chi connectivity index (χ2v) is 5.78. The molecule has 1 aromatic carbocycles. The molecule has 0 aliphatic carbocycles. The lowest BCUT2D eigenvalue weighted by Gasteiger charge is -2.16. The van der Waals surface area contributed by atoms with Crippen LogP contribution >= 0.6 is 11.8 Å². The van der Waals surface area contributed by atoms with Crippen LogP contribution in [0.25, 0.3) is 0 Å². The van der Waals surface area contributed by atoms with Gasteiger partial charge in [0.2, 0.25) is 5.91 Å². The number of thioether (sulfide) groups is 1. The Morgan fingerprint density at radius 2 is 2.25 bits per heavy atom. The van der Waals surface area contributed by atoms with Crippen LogP contribution in [-0.2, 0) is 9.63 Å². The Kier molecular flexibility index (Phi) is 5.64. The summed E-state index contributed by atoms with van der Waals surface area (Å²) < 4.78 is 0. The summed E-state index contributed by atoms with van der Waals surface area (Å²) in [6, 6.07) is 10.2. The van der Waals surface area contributed by atoms with Crippen LogP contribution in [0.1, 0.15) is 0 Å². The molecular formula is C15H20N2O2S. The first-order valence-corrected chi connectivity index (χ1v) is 7.61. The van der Waals surface area contributed by atoms with Crippen LogP contribution in [0.3, 0.4) is 0 Å².